The average molecular weight is 389 g/mol. The van der Waals surface area contributed by atoms with Crippen LogP contribution in [0.15, 0.2) is 18.2 Å². The maximum absolute atomic E-state index is 12.4. The van der Waals surface area contributed by atoms with Crippen LogP contribution < -0.4 is 10.6 Å². The third-order valence-electron chi connectivity index (χ3n) is 5.50. The summed E-state index contributed by atoms with van der Waals surface area (Å²) in [5, 5.41) is 6.01. The number of nitrogens with one attached hydrogen (secondary N) is 2. The summed E-state index contributed by atoms with van der Waals surface area (Å²) in [6.07, 6.45) is 2.29. The van der Waals surface area contributed by atoms with Gasteiger partial charge in [-0.25, -0.2) is 0 Å². The zero-order chi connectivity index (χ0) is 19.9. The van der Waals surface area contributed by atoms with Crippen LogP contribution in [0.2, 0.25) is 0 Å². The van der Waals surface area contributed by atoms with Crippen molar-refractivity contribution < 1.29 is 14.3 Å². The molecule has 1 atom stereocenters. The summed E-state index contributed by atoms with van der Waals surface area (Å²) in [5.74, 6) is 0.0666. The molecule has 0 aliphatic carbocycles. The van der Waals surface area contributed by atoms with Crippen LogP contribution in [0.5, 0.6) is 0 Å². The van der Waals surface area contributed by atoms with Gasteiger partial charge in [-0.3, -0.25) is 19.4 Å². The Balaban J connectivity index is 1.35. The number of aryl methyl sites for hydroxylation is 2. The van der Waals surface area contributed by atoms with Crippen molar-refractivity contribution in [2.24, 2.45) is 0 Å². The van der Waals surface area contributed by atoms with Gasteiger partial charge in [0.1, 0.15) is 0 Å². The number of benzene rings is 1. The Morgan fingerprint density at radius 1 is 1.04 bits per heavy atom. The lowest BCUT2D eigenvalue weighted by Crippen LogP contribution is -2.51. The molecule has 0 aromatic heterocycles. The molecule has 0 bridgehead atoms. The smallest absolute Gasteiger partial charge is 0.238 e. The second kappa shape index (κ2) is 10.0. The fraction of sp³-hybridized carbons (Fsp3) is 0.619. The number of piperazine rings is 1. The Morgan fingerprint density at radius 3 is 2.21 bits per heavy atom. The molecular weight excluding hydrogens is 356 g/mol. The molecule has 7 heteroatoms. The molecule has 154 valence electrons. The fourth-order valence-electron chi connectivity index (χ4n) is 3.79. The molecule has 3 rings (SSSR count). The second-order valence-electron chi connectivity index (χ2n) is 7.81. The Kier molecular flexibility index (Phi) is 7.42. The molecule has 2 fully saturated rings. The molecular formula is C21H32N4O3. The van der Waals surface area contributed by atoms with Crippen LogP contribution in [0.25, 0.3) is 0 Å². The van der Waals surface area contributed by atoms with Crippen molar-refractivity contribution in [2.45, 2.75) is 32.8 Å². The van der Waals surface area contributed by atoms with E-state index in [2.05, 4.69) is 20.4 Å². The molecule has 0 saturated carbocycles. The van der Waals surface area contributed by atoms with Gasteiger partial charge in [0.05, 0.1) is 19.2 Å². The largest absolute Gasteiger partial charge is 0.376 e. The summed E-state index contributed by atoms with van der Waals surface area (Å²) >= 11 is 0. The summed E-state index contributed by atoms with van der Waals surface area (Å²) in [4.78, 5) is 28.8. The second-order valence-corrected chi connectivity index (χ2v) is 7.81. The van der Waals surface area contributed by atoms with E-state index in [0.29, 0.717) is 19.6 Å². The van der Waals surface area contributed by atoms with Gasteiger partial charge in [0.25, 0.3) is 0 Å². The Morgan fingerprint density at radius 2 is 1.64 bits per heavy atom. The number of rotatable bonds is 7. The third kappa shape index (κ3) is 6.02. The van der Waals surface area contributed by atoms with E-state index in [4.69, 9.17) is 4.74 Å². The van der Waals surface area contributed by atoms with Gasteiger partial charge < -0.3 is 15.4 Å². The molecule has 2 N–H and O–H groups in total. The van der Waals surface area contributed by atoms with Gasteiger partial charge in [-0.15, -0.1) is 0 Å². The van der Waals surface area contributed by atoms with E-state index in [9.17, 15) is 9.59 Å². The van der Waals surface area contributed by atoms with Crippen LogP contribution in [-0.2, 0) is 14.3 Å². The molecule has 2 aliphatic rings. The highest BCUT2D eigenvalue weighted by atomic mass is 16.5. The molecule has 0 radical (unpaired) electrons. The van der Waals surface area contributed by atoms with Crippen molar-refractivity contribution in [3.8, 4) is 0 Å². The topological polar surface area (TPSA) is 73.9 Å². The number of ether oxygens (including phenoxy) is 1. The summed E-state index contributed by atoms with van der Waals surface area (Å²) < 4.78 is 5.53. The molecule has 0 unspecified atom stereocenters. The van der Waals surface area contributed by atoms with E-state index in [1.807, 2.05) is 32.0 Å². The maximum atomic E-state index is 12.4. The quantitative estimate of drug-likeness (QED) is 0.733. The maximum Gasteiger partial charge on any atom is 0.238 e. The SMILES string of the molecule is Cc1cccc(C)c1NC(=O)CN1CCN(CC(=O)NC[C@@H]2CCCO2)CC1. The normalized spacial score (nSPS) is 20.9. The first-order chi connectivity index (χ1) is 13.5. The standard InChI is InChI=1S/C21H32N4O3/c1-16-5-3-6-17(2)21(16)23-20(27)15-25-10-8-24(9-11-25)14-19(26)22-13-18-7-4-12-28-18/h3,5-6,18H,4,7-15H2,1-2H3,(H,22,26)(H,23,27)/t18-/m0/s1. The first-order valence-corrected chi connectivity index (χ1v) is 10.2. The Bertz CT molecular complexity index is 660. The zero-order valence-electron chi connectivity index (χ0n) is 17.0. The molecule has 1 aromatic carbocycles. The van der Waals surface area contributed by atoms with Crippen molar-refractivity contribution in [1.29, 1.82) is 0 Å². The van der Waals surface area contributed by atoms with Crippen molar-refractivity contribution in [2.75, 3.05) is 57.7 Å². The predicted molar refractivity (Wildman–Crippen MR) is 109 cm³/mol. The van der Waals surface area contributed by atoms with Crippen LogP contribution in [0.1, 0.15) is 24.0 Å². The summed E-state index contributed by atoms with van der Waals surface area (Å²) in [6.45, 7) is 9.39. The Hall–Kier alpha value is -1.96. The van der Waals surface area contributed by atoms with Gasteiger partial charge in [0.15, 0.2) is 0 Å². The third-order valence-corrected chi connectivity index (χ3v) is 5.50. The number of carbonyl (C=O) groups excluding carboxylic acids is 2. The van der Waals surface area contributed by atoms with Gasteiger partial charge >= 0.3 is 0 Å². The summed E-state index contributed by atoms with van der Waals surface area (Å²) in [6, 6.07) is 6.01. The lowest BCUT2D eigenvalue weighted by atomic mass is 10.1. The molecule has 2 saturated heterocycles. The number of hydrogen-bond acceptors (Lipinski definition) is 5. The van der Waals surface area contributed by atoms with E-state index in [0.717, 1.165) is 62.4 Å². The average Bonchev–Trinajstić information content (AvgIpc) is 3.18. The van der Waals surface area contributed by atoms with Crippen LogP contribution in [0.4, 0.5) is 5.69 Å². The van der Waals surface area contributed by atoms with E-state index in [1.54, 1.807) is 0 Å². The lowest BCUT2D eigenvalue weighted by Gasteiger charge is -2.33. The van der Waals surface area contributed by atoms with E-state index < -0.39 is 0 Å². The molecule has 0 spiro atoms. The van der Waals surface area contributed by atoms with E-state index in [1.165, 1.54) is 0 Å². The number of para-hydroxylation sites is 1. The molecule has 1 aromatic rings. The van der Waals surface area contributed by atoms with Gasteiger partial charge in [0.2, 0.25) is 11.8 Å². The van der Waals surface area contributed by atoms with Crippen molar-refractivity contribution in [3.63, 3.8) is 0 Å². The van der Waals surface area contributed by atoms with Gasteiger partial charge in [-0.2, -0.15) is 0 Å². The van der Waals surface area contributed by atoms with E-state index >= 15 is 0 Å². The van der Waals surface area contributed by atoms with Crippen LogP contribution in [-0.4, -0.2) is 80.1 Å². The van der Waals surface area contributed by atoms with Crippen LogP contribution in [0.3, 0.4) is 0 Å². The highest BCUT2D eigenvalue weighted by molar-refractivity contribution is 5.93. The monoisotopic (exact) mass is 388 g/mol. The molecule has 2 aliphatic heterocycles. The summed E-state index contributed by atoms with van der Waals surface area (Å²) in [5.41, 5.74) is 3.06. The van der Waals surface area contributed by atoms with E-state index in [-0.39, 0.29) is 17.9 Å². The minimum absolute atomic E-state index is 0.0140. The highest BCUT2D eigenvalue weighted by Crippen LogP contribution is 2.19. The number of hydrogen-bond donors (Lipinski definition) is 2. The minimum Gasteiger partial charge on any atom is -0.376 e. The number of amides is 2. The number of anilines is 1. The van der Waals surface area contributed by atoms with Crippen molar-refractivity contribution in [1.82, 2.24) is 15.1 Å². The lowest BCUT2D eigenvalue weighted by molar-refractivity contribution is -0.124. The molecule has 2 amide bonds. The number of nitrogens with zero attached hydrogens (tertiary/aromatic N) is 2. The first kappa shape index (κ1) is 20.8. The summed E-state index contributed by atoms with van der Waals surface area (Å²) in [7, 11) is 0. The molecule has 7 nitrogen and oxygen atoms in total. The highest BCUT2D eigenvalue weighted by Gasteiger charge is 2.22. The van der Waals surface area contributed by atoms with Crippen LogP contribution in [0, 0.1) is 13.8 Å². The van der Waals surface area contributed by atoms with Crippen molar-refractivity contribution >= 4 is 17.5 Å². The minimum atomic E-state index is 0.0140. The van der Waals surface area contributed by atoms with Gasteiger partial charge in [-0.1, -0.05) is 18.2 Å². The van der Waals surface area contributed by atoms with Crippen LogP contribution >= 0.6 is 0 Å². The number of carbonyl (C=O) groups is 2. The molecule has 2 heterocycles. The van der Waals surface area contributed by atoms with Crippen molar-refractivity contribution in [3.05, 3.63) is 29.3 Å². The fourth-order valence-corrected chi connectivity index (χ4v) is 3.79. The zero-order valence-corrected chi connectivity index (χ0v) is 17.0. The first-order valence-electron chi connectivity index (χ1n) is 10.2. The Labute approximate surface area is 167 Å². The predicted octanol–water partition coefficient (Wildman–Crippen LogP) is 1.15. The molecule has 28 heavy (non-hydrogen) atoms. The van der Waals surface area contributed by atoms with Gasteiger partial charge in [-0.05, 0) is 37.8 Å². The van der Waals surface area contributed by atoms with Gasteiger partial charge in [0, 0.05) is 45.0 Å².